The Labute approximate surface area is 147 Å². The van der Waals surface area contributed by atoms with E-state index in [1.165, 1.54) is 0 Å². The molecule has 2 heterocycles. The number of nitrogens with zero attached hydrogens (tertiary/aromatic N) is 2. The zero-order valence-electron chi connectivity index (χ0n) is 13.3. The number of fused-ring (bicyclic) bond motifs is 1. The lowest BCUT2D eigenvalue weighted by Gasteiger charge is -2.23. The lowest BCUT2D eigenvalue weighted by Crippen LogP contribution is -2.32. The summed E-state index contributed by atoms with van der Waals surface area (Å²) in [7, 11) is 0. The van der Waals surface area contributed by atoms with Crippen LogP contribution >= 0.6 is 11.8 Å². The number of carbonyl (C=O) groups is 2. The highest BCUT2D eigenvalue weighted by Crippen LogP contribution is 2.35. The molecule has 132 valence electrons. The van der Waals surface area contributed by atoms with Gasteiger partial charge in [-0.2, -0.15) is 0 Å². The van der Waals surface area contributed by atoms with Crippen molar-refractivity contribution in [3.8, 4) is 11.5 Å². The SMILES string of the molecule is CCOC(=O)NC(=O)CSc1nnc([C@H]2COc3ccccc3O2)o1. The van der Waals surface area contributed by atoms with Crippen LogP contribution in [0.15, 0.2) is 33.9 Å². The number of rotatable bonds is 5. The first-order valence-electron chi connectivity index (χ1n) is 7.47. The van der Waals surface area contributed by atoms with Crippen molar-refractivity contribution < 1.29 is 28.2 Å². The van der Waals surface area contributed by atoms with E-state index >= 15 is 0 Å². The standard InChI is InChI=1S/C15H15N3O6S/c1-2-21-14(20)16-12(19)8-25-15-18-17-13(24-15)11-7-22-9-5-3-4-6-10(9)23-11/h3-6,11H,2,7-8H2,1H3,(H,16,19,20)/t11-/m1/s1. The van der Waals surface area contributed by atoms with Gasteiger partial charge in [-0.3, -0.25) is 10.1 Å². The summed E-state index contributed by atoms with van der Waals surface area (Å²) in [5, 5.41) is 10.0. The Kier molecular flexibility index (Phi) is 5.39. The molecule has 1 aromatic carbocycles. The van der Waals surface area contributed by atoms with E-state index in [9.17, 15) is 9.59 Å². The number of hydrogen-bond donors (Lipinski definition) is 1. The van der Waals surface area contributed by atoms with Crippen molar-refractivity contribution in [2.24, 2.45) is 0 Å². The molecular formula is C15H15N3O6S. The van der Waals surface area contributed by atoms with E-state index in [0.717, 1.165) is 11.8 Å². The Morgan fingerprint density at radius 2 is 2.12 bits per heavy atom. The predicted octanol–water partition coefficient (Wildman–Crippen LogP) is 1.95. The molecule has 1 atom stereocenters. The molecule has 3 rings (SSSR count). The number of carbonyl (C=O) groups excluding carboxylic acids is 2. The third-order valence-corrected chi connectivity index (χ3v) is 3.87. The number of alkyl carbamates (subject to hydrolysis) is 1. The second kappa shape index (κ2) is 7.88. The maximum atomic E-state index is 11.6. The normalized spacial score (nSPS) is 15.5. The van der Waals surface area contributed by atoms with Gasteiger partial charge in [0.05, 0.1) is 12.4 Å². The number of benzene rings is 1. The smallest absolute Gasteiger partial charge is 0.413 e. The van der Waals surface area contributed by atoms with Gasteiger partial charge in [-0.15, -0.1) is 10.2 Å². The van der Waals surface area contributed by atoms with Crippen molar-refractivity contribution in [3.05, 3.63) is 30.2 Å². The molecule has 10 heteroatoms. The summed E-state index contributed by atoms with van der Waals surface area (Å²) < 4.78 is 21.5. The molecule has 0 aliphatic carbocycles. The topological polar surface area (TPSA) is 113 Å². The van der Waals surface area contributed by atoms with Crippen LogP contribution in [0.5, 0.6) is 11.5 Å². The maximum Gasteiger partial charge on any atom is 0.413 e. The zero-order chi connectivity index (χ0) is 17.6. The largest absolute Gasteiger partial charge is 0.485 e. The van der Waals surface area contributed by atoms with Crippen LogP contribution in [0, 0.1) is 0 Å². The monoisotopic (exact) mass is 365 g/mol. The van der Waals surface area contributed by atoms with Gasteiger partial charge in [0, 0.05) is 0 Å². The molecule has 1 aliphatic rings. The van der Waals surface area contributed by atoms with Gasteiger partial charge < -0.3 is 18.6 Å². The van der Waals surface area contributed by atoms with Crippen LogP contribution in [-0.4, -0.2) is 41.2 Å². The van der Waals surface area contributed by atoms with Crippen LogP contribution in [0.3, 0.4) is 0 Å². The third-order valence-electron chi connectivity index (χ3n) is 3.05. The molecule has 0 radical (unpaired) electrons. The van der Waals surface area contributed by atoms with Gasteiger partial charge in [0.2, 0.25) is 12.0 Å². The summed E-state index contributed by atoms with van der Waals surface area (Å²) in [4.78, 5) is 22.7. The minimum absolute atomic E-state index is 0.0642. The van der Waals surface area contributed by atoms with Gasteiger partial charge in [-0.05, 0) is 19.1 Å². The summed E-state index contributed by atoms with van der Waals surface area (Å²) in [6, 6.07) is 7.28. The van der Waals surface area contributed by atoms with Gasteiger partial charge in [0.15, 0.2) is 11.5 Å². The fourth-order valence-electron chi connectivity index (χ4n) is 1.99. The Bertz CT molecular complexity index is 765. The molecule has 9 nitrogen and oxygen atoms in total. The number of thioether (sulfide) groups is 1. The van der Waals surface area contributed by atoms with Gasteiger partial charge in [-0.25, -0.2) is 4.79 Å². The van der Waals surface area contributed by atoms with Crippen LogP contribution < -0.4 is 14.8 Å². The van der Waals surface area contributed by atoms with E-state index in [4.69, 9.17) is 13.9 Å². The summed E-state index contributed by atoms with van der Waals surface area (Å²) in [5.74, 6) is 0.923. The van der Waals surface area contributed by atoms with Crippen LogP contribution in [0.25, 0.3) is 0 Å². The quantitative estimate of drug-likeness (QED) is 0.794. The summed E-state index contributed by atoms with van der Waals surface area (Å²) in [5.41, 5.74) is 0. The molecule has 2 aromatic rings. The van der Waals surface area contributed by atoms with Crippen LogP contribution in [0.1, 0.15) is 18.9 Å². The molecule has 0 saturated heterocycles. The average Bonchev–Trinajstić information content (AvgIpc) is 3.09. The minimum Gasteiger partial charge on any atom is -0.485 e. The van der Waals surface area contributed by atoms with Crippen molar-refractivity contribution in [1.29, 1.82) is 0 Å². The average molecular weight is 365 g/mol. The van der Waals surface area contributed by atoms with Crippen molar-refractivity contribution in [2.75, 3.05) is 19.0 Å². The number of para-hydroxylation sites is 2. The zero-order valence-corrected chi connectivity index (χ0v) is 14.1. The minimum atomic E-state index is -0.786. The van der Waals surface area contributed by atoms with Gasteiger partial charge >= 0.3 is 6.09 Å². The van der Waals surface area contributed by atoms with Crippen molar-refractivity contribution in [1.82, 2.24) is 15.5 Å². The molecular weight excluding hydrogens is 350 g/mol. The number of amides is 2. The summed E-state index contributed by atoms with van der Waals surface area (Å²) in [6.07, 6.45) is -1.31. The highest BCUT2D eigenvalue weighted by molar-refractivity contribution is 7.99. The van der Waals surface area contributed by atoms with E-state index in [-0.39, 0.29) is 30.1 Å². The van der Waals surface area contributed by atoms with Crippen LogP contribution in [-0.2, 0) is 9.53 Å². The Morgan fingerprint density at radius 1 is 1.32 bits per heavy atom. The molecule has 1 N–H and O–H groups in total. The molecule has 0 fully saturated rings. The molecule has 1 aromatic heterocycles. The fourth-order valence-corrected chi connectivity index (χ4v) is 2.56. The number of nitrogens with one attached hydrogen (secondary N) is 1. The second-order valence-electron chi connectivity index (χ2n) is 4.83. The fraction of sp³-hybridized carbons (Fsp3) is 0.333. The first-order chi connectivity index (χ1) is 12.2. The Balaban J connectivity index is 1.53. The van der Waals surface area contributed by atoms with Gasteiger partial charge in [0.1, 0.15) is 6.61 Å². The van der Waals surface area contributed by atoms with Crippen molar-refractivity contribution in [3.63, 3.8) is 0 Å². The van der Waals surface area contributed by atoms with Crippen molar-refractivity contribution >= 4 is 23.8 Å². The number of aromatic nitrogens is 2. The van der Waals surface area contributed by atoms with Crippen LogP contribution in [0.4, 0.5) is 4.79 Å². The van der Waals surface area contributed by atoms with Gasteiger partial charge in [0.25, 0.3) is 11.1 Å². The molecule has 0 saturated carbocycles. The summed E-state index contributed by atoms with van der Waals surface area (Å²) >= 11 is 1.00. The third kappa shape index (κ3) is 4.41. The first kappa shape index (κ1) is 17.1. The molecule has 0 spiro atoms. The highest BCUT2D eigenvalue weighted by Gasteiger charge is 2.27. The highest BCUT2D eigenvalue weighted by atomic mass is 32.2. The van der Waals surface area contributed by atoms with E-state index in [0.29, 0.717) is 11.5 Å². The Morgan fingerprint density at radius 3 is 2.92 bits per heavy atom. The number of imide groups is 1. The second-order valence-corrected chi connectivity index (χ2v) is 5.75. The summed E-state index contributed by atoms with van der Waals surface area (Å²) in [6.45, 7) is 2.08. The molecule has 25 heavy (non-hydrogen) atoms. The van der Waals surface area contributed by atoms with Crippen molar-refractivity contribution in [2.45, 2.75) is 18.3 Å². The Hall–Kier alpha value is -2.75. The number of ether oxygens (including phenoxy) is 3. The van der Waals surface area contributed by atoms with E-state index < -0.39 is 18.1 Å². The van der Waals surface area contributed by atoms with E-state index in [2.05, 4.69) is 20.3 Å². The maximum absolute atomic E-state index is 11.6. The first-order valence-corrected chi connectivity index (χ1v) is 8.45. The predicted molar refractivity (Wildman–Crippen MR) is 85.5 cm³/mol. The molecule has 0 unspecified atom stereocenters. The van der Waals surface area contributed by atoms with E-state index in [1.54, 1.807) is 13.0 Å². The molecule has 1 aliphatic heterocycles. The van der Waals surface area contributed by atoms with E-state index in [1.807, 2.05) is 18.2 Å². The molecule has 0 bridgehead atoms. The molecule has 2 amide bonds. The van der Waals surface area contributed by atoms with Crippen LogP contribution in [0.2, 0.25) is 0 Å². The number of hydrogen-bond acceptors (Lipinski definition) is 9. The lowest BCUT2D eigenvalue weighted by molar-refractivity contribution is -0.117. The lowest BCUT2D eigenvalue weighted by atomic mass is 10.2. The van der Waals surface area contributed by atoms with Gasteiger partial charge in [-0.1, -0.05) is 23.9 Å².